The Labute approximate surface area is 89.8 Å². The van der Waals surface area contributed by atoms with Gasteiger partial charge in [-0.25, -0.2) is 20.4 Å². The summed E-state index contributed by atoms with van der Waals surface area (Å²) in [6, 6.07) is 3.02. The van der Waals surface area contributed by atoms with Gasteiger partial charge in [0.2, 0.25) is 0 Å². The highest BCUT2D eigenvalue weighted by Crippen LogP contribution is 2.06. The van der Waals surface area contributed by atoms with E-state index in [2.05, 4.69) is 9.72 Å². The third-order valence-corrected chi connectivity index (χ3v) is 1.94. The number of fused-ring (bicyclic) bond motifs is 1. The highest BCUT2D eigenvalue weighted by Gasteiger charge is 2.12. The molecule has 2 aromatic rings. The third-order valence-electron chi connectivity index (χ3n) is 1.94. The van der Waals surface area contributed by atoms with Gasteiger partial charge < -0.3 is 9.14 Å². The van der Waals surface area contributed by atoms with E-state index in [1.807, 2.05) is 0 Å². The number of amides is 1. The lowest BCUT2D eigenvalue weighted by Crippen LogP contribution is -2.32. The number of imidazole rings is 1. The Bertz CT molecular complexity index is 548. The van der Waals surface area contributed by atoms with Crippen LogP contribution in [0.25, 0.3) is 5.65 Å². The molecule has 0 saturated carbocycles. The summed E-state index contributed by atoms with van der Waals surface area (Å²) in [6.07, 6.45) is 3.96. The third kappa shape index (κ3) is 1.84. The number of esters is 1. The van der Waals surface area contributed by atoms with E-state index in [0.717, 1.165) is 0 Å². The topological polar surface area (TPSA) is 98.7 Å². The fourth-order valence-electron chi connectivity index (χ4n) is 1.21. The molecule has 2 aromatic heterocycles. The zero-order valence-corrected chi connectivity index (χ0v) is 8.08. The van der Waals surface area contributed by atoms with Crippen LogP contribution in [0.3, 0.4) is 0 Å². The molecular weight excluding hydrogens is 212 g/mol. The number of rotatable bonds is 1. The monoisotopic (exact) mass is 220 g/mol. The van der Waals surface area contributed by atoms with Gasteiger partial charge in [0.25, 0.3) is 0 Å². The molecule has 0 fully saturated rings. The number of carbonyl (C=O) groups is 2. The van der Waals surface area contributed by atoms with Crippen molar-refractivity contribution in [3.8, 4) is 0 Å². The zero-order chi connectivity index (χ0) is 11.5. The summed E-state index contributed by atoms with van der Waals surface area (Å²) >= 11 is 0. The van der Waals surface area contributed by atoms with E-state index in [9.17, 15) is 9.59 Å². The molecule has 16 heavy (non-hydrogen) atoms. The van der Waals surface area contributed by atoms with Crippen molar-refractivity contribution in [3.05, 3.63) is 36.3 Å². The smallest absolute Gasteiger partial charge is 0.372 e. The maximum Gasteiger partial charge on any atom is 0.429 e. The number of nitrogens with zero attached hydrogens (tertiary/aromatic N) is 2. The minimum atomic E-state index is -1.01. The van der Waals surface area contributed by atoms with Crippen LogP contribution in [0.5, 0.6) is 0 Å². The average Bonchev–Trinajstić information content (AvgIpc) is 2.75. The number of ether oxygens (including phenoxy) is 1. The van der Waals surface area contributed by atoms with E-state index < -0.39 is 12.1 Å². The molecule has 7 heteroatoms. The van der Waals surface area contributed by atoms with Crippen molar-refractivity contribution in [2.45, 2.75) is 0 Å². The minimum absolute atomic E-state index is 0.224. The van der Waals surface area contributed by atoms with Crippen LogP contribution < -0.4 is 11.3 Å². The van der Waals surface area contributed by atoms with E-state index in [0.29, 0.717) is 5.65 Å². The van der Waals surface area contributed by atoms with Crippen molar-refractivity contribution >= 4 is 17.7 Å². The van der Waals surface area contributed by atoms with Crippen molar-refractivity contribution in [1.82, 2.24) is 14.8 Å². The second kappa shape index (κ2) is 3.99. The number of carbonyl (C=O) groups excluding carboxylic acids is 2. The van der Waals surface area contributed by atoms with E-state index in [-0.39, 0.29) is 5.56 Å². The molecule has 0 unspecified atom stereocenters. The van der Waals surface area contributed by atoms with Gasteiger partial charge in [-0.05, 0) is 12.1 Å². The van der Waals surface area contributed by atoms with Crippen LogP contribution in [0, 0.1) is 0 Å². The summed E-state index contributed by atoms with van der Waals surface area (Å²) in [6.45, 7) is 0. The molecule has 0 aliphatic heterocycles. The molecule has 0 spiro atoms. The van der Waals surface area contributed by atoms with E-state index in [1.165, 1.54) is 12.1 Å². The van der Waals surface area contributed by atoms with Gasteiger partial charge in [0.15, 0.2) is 0 Å². The predicted octanol–water partition coefficient (Wildman–Crippen LogP) is 0.0744. The van der Waals surface area contributed by atoms with Crippen molar-refractivity contribution in [2.24, 2.45) is 5.84 Å². The van der Waals surface area contributed by atoms with Crippen LogP contribution in [0.15, 0.2) is 30.7 Å². The van der Waals surface area contributed by atoms with Gasteiger partial charge in [0.05, 0.1) is 5.56 Å². The Morgan fingerprint density at radius 1 is 1.44 bits per heavy atom. The normalized spacial score (nSPS) is 10.1. The van der Waals surface area contributed by atoms with Crippen molar-refractivity contribution in [3.63, 3.8) is 0 Å². The molecule has 0 saturated heterocycles. The quantitative estimate of drug-likeness (QED) is 0.233. The summed E-state index contributed by atoms with van der Waals surface area (Å²) < 4.78 is 6.08. The molecule has 3 N–H and O–H groups in total. The SMILES string of the molecule is NNC(=O)OC(=O)c1ccn2ccnc2c1. The summed E-state index contributed by atoms with van der Waals surface area (Å²) in [7, 11) is 0. The van der Waals surface area contributed by atoms with Crippen LogP contribution in [0.4, 0.5) is 4.79 Å². The van der Waals surface area contributed by atoms with Crippen molar-refractivity contribution < 1.29 is 14.3 Å². The van der Waals surface area contributed by atoms with Crippen molar-refractivity contribution in [1.29, 1.82) is 0 Å². The van der Waals surface area contributed by atoms with Crippen molar-refractivity contribution in [2.75, 3.05) is 0 Å². The first-order chi connectivity index (χ1) is 7.70. The standard InChI is InChI=1S/C9H8N4O3/c10-12-9(15)16-8(14)6-1-3-13-4-2-11-7(13)5-6/h1-5H,10H2,(H,12,15). The summed E-state index contributed by atoms with van der Waals surface area (Å²) in [4.78, 5) is 26.1. The Morgan fingerprint density at radius 2 is 2.25 bits per heavy atom. The summed E-state index contributed by atoms with van der Waals surface area (Å²) in [5.41, 5.74) is 2.51. The zero-order valence-electron chi connectivity index (χ0n) is 8.08. The average molecular weight is 220 g/mol. The molecule has 0 radical (unpaired) electrons. The molecule has 1 amide bonds. The van der Waals surface area contributed by atoms with Crippen LogP contribution in [0.2, 0.25) is 0 Å². The number of aromatic nitrogens is 2. The van der Waals surface area contributed by atoms with Gasteiger partial charge in [-0.15, -0.1) is 0 Å². The fraction of sp³-hybridized carbons (Fsp3) is 0. The Morgan fingerprint density at radius 3 is 3.00 bits per heavy atom. The number of nitrogens with two attached hydrogens (primary N) is 1. The first-order valence-corrected chi connectivity index (χ1v) is 4.36. The number of hydrogen-bond donors (Lipinski definition) is 2. The highest BCUT2D eigenvalue weighted by atomic mass is 16.6. The second-order valence-corrected chi connectivity index (χ2v) is 2.93. The molecular formula is C9H8N4O3. The molecule has 2 heterocycles. The maximum atomic E-state index is 11.4. The number of hydrazine groups is 1. The summed E-state index contributed by atoms with van der Waals surface area (Å²) in [5.74, 6) is 4.00. The molecule has 7 nitrogen and oxygen atoms in total. The van der Waals surface area contributed by atoms with Crippen LogP contribution in [-0.4, -0.2) is 21.4 Å². The van der Waals surface area contributed by atoms with Gasteiger partial charge in [0, 0.05) is 18.6 Å². The first kappa shape index (κ1) is 10.1. The Balaban J connectivity index is 2.25. The fourth-order valence-corrected chi connectivity index (χ4v) is 1.21. The maximum absolute atomic E-state index is 11.4. The van der Waals surface area contributed by atoms with Crippen LogP contribution in [0.1, 0.15) is 10.4 Å². The largest absolute Gasteiger partial charge is 0.429 e. The highest BCUT2D eigenvalue weighted by molar-refractivity contribution is 5.96. The molecule has 82 valence electrons. The van der Waals surface area contributed by atoms with E-state index in [1.54, 1.807) is 28.4 Å². The Hall–Kier alpha value is -2.41. The van der Waals surface area contributed by atoms with Crippen LogP contribution in [-0.2, 0) is 4.74 Å². The number of pyridine rings is 1. The number of hydrogen-bond acceptors (Lipinski definition) is 5. The molecule has 0 atom stereocenters. The predicted molar refractivity (Wildman–Crippen MR) is 53.3 cm³/mol. The van der Waals surface area contributed by atoms with Crippen LogP contribution >= 0.6 is 0 Å². The Kier molecular flexibility index (Phi) is 2.52. The molecule has 2 rings (SSSR count). The minimum Gasteiger partial charge on any atom is -0.372 e. The van der Waals surface area contributed by atoms with Gasteiger partial charge in [-0.2, -0.15) is 0 Å². The molecule has 0 aliphatic rings. The van der Waals surface area contributed by atoms with E-state index >= 15 is 0 Å². The van der Waals surface area contributed by atoms with Gasteiger partial charge >= 0.3 is 12.1 Å². The van der Waals surface area contributed by atoms with E-state index in [4.69, 9.17) is 5.84 Å². The molecule has 0 bridgehead atoms. The summed E-state index contributed by atoms with van der Waals surface area (Å²) in [5, 5.41) is 0. The first-order valence-electron chi connectivity index (χ1n) is 4.36. The second-order valence-electron chi connectivity index (χ2n) is 2.93. The lowest BCUT2D eigenvalue weighted by Gasteiger charge is -2.02. The molecule has 0 aromatic carbocycles. The van der Waals surface area contributed by atoms with Gasteiger partial charge in [0.1, 0.15) is 5.65 Å². The molecule has 0 aliphatic carbocycles. The lowest BCUT2D eigenvalue weighted by molar-refractivity contribution is 0.0622. The van der Waals surface area contributed by atoms with Gasteiger partial charge in [-0.3, -0.25) is 5.43 Å². The lowest BCUT2D eigenvalue weighted by atomic mass is 10.3. The number of nitrogens with one attached hydrogen (secondary N) is 1. The van der Waals surface area contributed by atoms with Gasteiger partial charge in [-0.1, -0.05) is 0 Å².